The van der Waals surface area contributed by atoms with E-state index in [0.717, 1.165) is 0 Å². The Bertz CT molecular complexity index is 761. The van der Waals surface area contributed by atoms with E-state index < -0.39 is 10.0 Å². The average Bonchev–Trinajstić information content (AvgIpc) is 2.78. The summed E-state index contributed by atoms with van der Waals surface area (Å²) in [5, 5.41) is 0. The molecule has 1 heterocycles. The molecule has 112 valence electrons. The molecule has 0 amide bonds. The summed E-state index contributed by atoms with van der Waals surface area (Å²) in [6.07, 6.45) is 0. The summed E-state index contributed by atoms with van der Waals surface area (Å²) in [5.74, 6) is 0.858. The maximum absolute atomic E-state index is 12.3. The van der Waals surface area contributed by atoms with Crippen molar-refractivity contribution < 1.29 is 17.6 Å². The van der Waals surface area contributed by atoms with Crippen molar-refractivity contribution in [2.24, 2.45) is 0 Å². The van der Waals surface area contributed by atoms with Crippen molar-refractivity contribution in [3.05, 3.63) is 47.4 Å². The first-order valence-electron chi connectivity index (χ1n) is 6.17. The van der Waals surface area contributed by atoms with Crippen molar-refractivity contribution in [1.82, 2.24) is 0 Å². The highest BCUT2D eigenvalue weighted by Crippen LogP contribution is 2.22. The molecule has 0 atom stereocenters. The van der Waals surface area contributed by atoms with Gasteiger partial charge in [0.25, 0.3) is 10.0 Å². The van der Waals surface area contributed by atoms with Crippen molar-refractivity contribution in [3.8, 4) is 0 Å². The summed E-state index contributed by atoms with van der Waals surface area (Å²) < 4.78 is 32.2. The van der Waals surface area contributed by atoms with E-state index in [-0.39, 0.29) is 16.4 Å². The molecule has 2 rings (SSSR count). The third kappa shape index (κ3) is 3.48. The molecule has 2 aromatic rings. The topological polar surface area (TPSA) is 76.4 Å². The molecular formula is C14H15NO4S2. The van der Waals surface area contributed by atoms with Crippen LogP contribution in [0.1, 0.15) is 21.9 Å². The smallest absolute Gasteiger partial charge is 0.265 e. The predicted molar refractivity (Wildman–Crippen MR) is 83.6 cm³/mol. The predicted octanol–water partition coefficient (Wildman–Crippen LogP) is 2.81. The van der Waals surface area contributed by atoms with Crippen molar-refractivity contribution in [2.75, 3.05) is 10.5 Å². The van der Waals surface area contributed by atoms with Crippen LogP contribution in [0.2, 0.25) is 0 Å². The van der Waals surface area contributed by atoms with Gasteiger partial charge >= 0.3 is 0 Å². The van der Waals surface area contributed by atoms with Crippen molar-refractivity contribution >= 4 is 34.1 Å². The van der Waals surface area contributed by atoms with Crippen LogP contribution in [0.25, 0.3) is 0 Å². The number of ketones is 1. The van der Waals surface area contributed by atoms with Crippen molar-refractivity contribution in [1.29, 1.82) is 0 Å². The molecular weight excluding hydrogens is 310 g/mol. The van der Waals surface area contributed by atoms with E-state index in [1.54, 1.807) is 26.0 Å². The highest BCUT2D eigenvalue weighted by Gasteiger charge is 2.20. The first-order valence-corrected chi connectivity index (χ1v) is 8.29. The number of anilines is 1. The lowest BCUT2D eigenvalue weighted by molar-refractivity contribution is 0.102. The van der Waals surface area contributed by atoms with Crippen LogP contribution in [-0.2, 0) is 10.0 Å². The van der Waals surface area contributed by atoms with Crippen LogP contribution < -0.4 is 4.72 Å². The van der Waals surface area contributed by atoms with Gasteiger partial charge in [0.2, 0.25) is 0 Å². The molecule has 1 aromatic heterocycles. The van der Waals surface area contributed by atoms with Crippen LogP contribution in [0.15, 0.2) is 39.6 Å². The Morgan fingerprint density at radius 1 is 1.24 bits per heavy atom. The van der Waals surface area contributed by atoms with Crippen LogP contribution >= 0.6 is 12.6 Å². The number of hydrogen-bond acceptors (Lipinski definition) is 5. The van der Waals surface area contributed by atoms with E-state index in [4.69, 9.17) is 4.42 Å². The number of carbonyl (C=O) groups excluding carboxylic acids is 1. The zero-order valence-electron chi connectivity index (χ0n) is 11.6. The quantitative estimate of drug-likeness (QED) is 0.655. The Kier molecular flexibility index (Phi) is 4.43. The van der Waals surface area contributed by atoms with Crippen LogP contribution in [0, 0.1) is 13.8 Å². The summed E-state index contributed by atoms with van der Waals surface area (Å²) in [5.41, 5.74) is 0.868. The summed E-state index contributed by atoms with van der Waals surface area (Å²) in [4.78, 5) is 11.6. The summed E-state index contributed by atoms with van der Waals surface area (Å²) in [6, 6.07) is 7.66. The second-order valence-electron chi connectivity index (χ2n) is 4.54. The van der Waals surface area contributed by atoms with E-state index in [2.05, 4.69) is 17.4 Å². The number of thiol groups is 1. The van der Waals surface area contributed by atoms with Crippen LogP contribution in [0.5, 0.6) is 0 Å². The zero-order valence-corrected chi connectivity index (χ0v) is 13.3. The Balaban J connectivity index is 2.25. The highest BCUT2D eigenvalue weighted by atomic mass is 32.2. The molecule has 7 heteroatoms. The van der Waals surface area contributed by atoms with Crippen molar-refractivity contribution in [3.63, 3.8) is 0 Å². The monoisotopic (exact) mass is 325 g/mol. The molecule has 0 fully saturated rings. The van der Waals surface area contributed by atoms with Crippen LogP contribution in [-0.4, -0.2) is 20.0 Å². The normalized spacial score (nSPS) is 11.4. The van der Waals surface area contributed by atoms with Gasteiger partial charge in [0.1, 0.15) is 16.4 Å². The second-order valence-corrected chi connectivity index (χ2v) is 6.51. The Labute approximate surface area is 128 Å². The number of furan rings is 1. The molecule has 5 nitrogen and oxygen atoms in total. The largest absolute Gasteiger partial charge is 0.465 e. The minimum atomic E-state index is -3.71. The molecule has 0 spiro atoms. The van der Waals surface area contributed by atoms with E-state index in [1.807, 2.05) is 0 Å². The molecule has 0 aliphatic carbocycles. The number of benzene rings is 1. The lowest BCUT2D eigenvalue weighted by Gasteiger charge is -2.07. The van der Waals surface area contributed by atoms with E-state index in [9.17, 15) is 13.2 Å². The summed E-state index contributed by atoms with van der Waals surface area (Å²) in [6.45, 7) is 3.28. The number of rotatable bonds is 5. The van der Waals surface area contributed by atoms with Crippen LogP contribution in [0.4, 0.5) is 5.69 Å². The molecule has 0 radical (unpaired) electrons. The minimum Gasteiger partial charge on any atom is -0.465 e. The molecule has 21 heavy (non-hydrogen) atoms. The van der Waals surface area contributed by atoms with Crippen molar-refractivity contribution in [2.45, 2.75) is 18.7 Å². The van der Waals surface area contributed by atoms with E-state index >= 15 is 0 Å². The molecule has 0 aliphatic rings. The molecule has 1 N–H and O–H groups in total. The number of carbonyl (C=O) groups is 1. The molecule has 0 aliphatic heterocycles. The van der Waals surface area contributed by atoms with Gasteiger partial charge in [0.15, 0.2) is 5.78 Å². The molecule has 0 saturated carbocycles. The minimum absolute atomic E-state index is 0.107. The third-order valence-electron chi connectivity index (χ3n) is 2.89. The highest BCUT2D eigenvalue weighted by molar-refractivity contribution is 7.92. The van der Waals surface area contributed by atoms with Gasteiger partial charge in [0.05, 0.1) is 5.75 Å². The van der Waals surface area contributed by atoms with E-state index in [0.29, 0.717) is 22.8 Å². The fraction of sp³-hybridized carbons (Fsp3) is 0.214. The maximum atomic E-state index is 12.3. The fourth-order valence-electron chi connectivity index (χ4n) is 1.90. The number of nitrogens with one attached hydrogen (secondary N) is 1. The molecule has 0 unspecified atom stereocenters. The van der Waals surface area contributed by atoms with E-state index in [1.165, 1.54) is 18.2 Å². The number of aryl methyl sites for hydroxylation is 2. The maximum Gasteiger partial charge on any atom is 0.265 e. The molecule has 0 bridgehead atoms. The molecule has 0 saturated heterocycles. The summed E-state index contributed by atoms with van der Waals surface area (Å²) in [7, 11) is -3.71. The van der Waals surface area contributed by atoms with Gasteiger partial charge < -0.3 is 4.42 Å². The standard InChI is InChI=1S/C14H15NO4S2/c1-9-7-14(10(2)19-9)21(17,18)15-12-5-3-11(4-6-12)13(16)8-20/h3-7,15,20H,8H2,1-2H3. The van der Waals surface area contributed by atoms with Gasteiger partial charge in [-0.1, -0.05) is 0 Å². The Morgan fingerprint density at radius 3 is 2.33 bits per heavy atom. The number of sulfonamides is 1. The Hall–Kier alpha value is -1.73. The number of hydrogen-bond donors (Lipinski definition) is 2. The second kappa shape index (κ2) is 5.95. The Morgan fingerprint density at radius 2 is 1.86 bits per heavy atom. The van der Waals surface area contributed by atoms with Crippen LogP contribution in [0.3, 0.4) is 0 Å². The van der Waals surface area contributed by atoms with Gasteiger partial charge in [-0.2, -0.15) is 12.6 Å². The first-order chi connectivity index (χ1) is 9.83. The average molecular weight is 325 g/mol. The van der Waals surface area contributed by atoms with Gasteiger partial charge in [-0.3, -0.25) is 9.52 Å². The zero-order chi connectivity index (χ0) is 15.6. The molecule has 1 aromatic carbocycles. The third-order valence-corrected chi connectivity index (χ3v) is 4.66. The van der Waals surface area contributed by atoms with Gasteiger partial charge in [0, 0.05) is 17.3 Å². The SMILES string of the molecule is Cc1cc(S(=O)(=O)Nc2ccc(C(=O)CS)cc2)c(C)o1. The van der Waals surface area contributed by atoms with Gasteiger partial charge in [-0.15, -0.1) is 0 Å². The first kappa shape index (κ1) is 15.7. The lowest BCUT2D eigenvalue weighted by Crippen LogP contribution is -2.13. The van der Waals surface area contributed by atoms with Gasteiger partial charge in [-0.05, 0) is 38.1 Å². The lowest BCUT2D eigenvalue weighted by atomic mass is 10.1. The fourth-order valence-corrected chi connectivity index (χ4v) is 3.38. The summed E-state index contributed by atoms with van der Waals surface area (Å²) >= 11 is 3.91. The van der Waals surface area contributed by atoms with Gasteiger partial charge in [-0.25, -0.2) is 8.42 Å². The number of Topliss-reactive ketones (excluding diaryl/α,β-unsaturated/α-hetero) is 1.